The normalized spacial score (nSPS) is 30.4. The van der Waals surface area contributed by atoms with Gasteiger partial charge in [0, 0.05) is 19.1 Å². The predicted octanol–water partition coefficient (Wildman–Crippen LogP) is 2.26. The lowest BCUT2D eigenvalue weighted by molar-refractivity contribution is -0.135. The molecule has 1 unspecified atom stereocenters. The average molecular weight is 305 g/mol. The van der Waals surface area contributed by atoms with Crippen molar-refractivity contribution >= 4 is 18.3 Å². The van der Waals surface area contributed by atoms with Crippen molar-refractivity contribution in [1.29, 1.82) is 0 Å². The zero-order chi connectivity index (χ0) is 13.5. The molecular weight excluding hydrogens is 276 g/mol. The summed E-state index contributed by atoms with van der Waals surface area (Å²) in [6.07, 6.45) is 8.55. The Hall–Kier alpha value is -0.320. The van der Waals surface area contributed by atoms with E-state index in [4.69, 9.17) is 4.74 Å². The molecule has 0 radical (unpaired) electrons. The number of hydrogen-bond donors (Lipinski definition) is 2. The van der Waals surface area contributed by atoms with E-state index in [1.807, 2.05) is 0 Å². The van der Waals surface area contributed by atoms with Gasteiger partial charge >= 0.3 is 0 Å². The molecule has 5 heteroatoms. The quantitative estimate of drug-likeness (QED) is 0.819. The number of amides is 1. The summed E-state index contributed by atoms with van der Waals surface area (Å²) in [5.74, 6) is 0.963. The number of ether oxygens (including phenoxy) is 1. The first kappa shape index (κ1) is 17.7. The second kappa shape index (κ2) is 9.59. The first-order chi connectivity index (χ1) is 9.29. The van der Waals surface area contributed by atoms with E-state index in [9.17, 15) is 4.79 Å². The van der Waals surface area contributed by atoms with Crippen LogP contribution in [0.1, 0.15) is 51.9 Å². The van der Waals surface area contributed by atoms with E-state index in [0.717, 1.165) is 25.3 Å². The van der Waals surface area contributed by atoms with Crippen LogP contribution in [0.2, 0.25) is 0 Å². The van der Waals surface area contributed by atoms with Crippen LogP contribution in [0.4, 0.5) is 0 Å². The van der Waals surface area contributed by atoms with Gasteiger partial charge in [0.15, 0.2) is 0 Å². The third-order valence-corrected chi connectivity index (χ3v) is 4.38. The van der Waals surface area contributed by atoms with Crippen molar-refractivity contribution in [3.8, 4) is 0 Å². The molecular formula is C15H29ClN2O2. The molecule has 0 bridgehead atoms. The second-order valence-corrected chi connectivity index (χ2v) is 5.93. The molecule has 1 atom stereocenters. The smallest absolute Gasteiger partial charge is 0.250 e. The Labute approximate surface area is 128 Å². The molecule has 2 aliphatic rings. The maximum absolute atomic E-state index is 12.0. The van der Waals surface area contributed by atoms with E-state index in [1.165, 1.54) is 32.1 Å². The Bertz CT molecular complexity index is 275. The molecule has 1 amide bonds. The van der Waals surface area contributed by atoms with Crippen LogP contribution in [-0.2, 0) is 9.53 Å². The van der Waals surface area contributed by atoms with Crippen LogP contribution in [0.25, 0.3) is 0 Å². The summed E-state index contributed by atoms with van der Waals surface area (Å²) in [4.78, 5) is 12.0. The number of unbranched alkanes of at least 4 members (excludes halogenated alkanes) is 1. The summed E-state index contributed by atoms with van der Waals surface area (Å²) in [5, 5.41) is 6.36. The van der Waals surface area contributed by atoms with Gasteiger partial charge < -0.3 is 15.4 Å². The minimum absolute atomic E-state index is 0. The minimum atomic E-state index is -0.286. The van der Waals surface area contributed by atoms with Crippen molar-refractivity contribution in [1.82, 2.24) is 10.6 Å². The lowest BCUT2D eigenvalue weighted by Crippen LogP contribution is -2.50. The number of nitrogens with one attached hydrogen (secondary N) is 2. The molecule has 2 fully saturated rings. The monoisotopic (exact) mass is 304 g/mol. The van der Waals surface area contributed by atoms with Crippen molar-refractivity contribution in [2.24, 2.45) is 5.92 Å². The topological polar surface area (TPSA) is 50.4 Å². The Morgan fingerprint density at radius 1 is 1.30 bits per heavy atom. The molecule has 4 nitrogen and oxygen atoms in total. The highest BCUT2D eigenvalue weighted by atomic mass is 35.5. The lowest BCUT2D eigenvalue weighted by Gasteiger charge is -2.31. The number of hydrogen-bond acceptors (Lipinski definition) is 3. The lowest BCUT2D eigenvalue weighted by atomic mass is 9.83. The molecule has 1 aliphatic heterocycles. The van der Waals surface area contributed by atoms with Gasteiger partial charge in [0.25, 0.3) is 5.91 Å². The van der Waals surface area contributed by atoms with Gasteiger partial charge in [0.2, 0.25) is 0 Å². The number of halogens is 1. The zero-order valence-corrected chi connectivity index (χ0v) is 13.3. The summed E-state index contributed by atoms with van der Waals surface area (Å²) in [6.45, 7) is 4.40. The minimum Gasteiger partial charge on any atom is -0.366 e. The molecule has 0 aromatic heterocycles. The van der Waals surface area contributed by atoms with E-state index in [2.05, 4.69) is 17.6 Å². The Kier molecular flexibility index (Phi) is 8.50. The zero-order valence-electron chi connectivity index (χ0n) is 12.5. The first-order valence-corrected chi connectivity index (χ1v) is 7.92. The van der Waals surface area contributed by atoms with Gasteiger partial charge in [-0.3, -0.25) is 4.79 Å². The highest BCUT2D eigenvalue weighted by Gasteiger charge is 2.26. The summed E-state index contributed by atoms with van der Waals surface area (Å²) >= 11 is 0. The van der Waals surface area contributed by atoms with Crippen LogP contribution in [0.3, 0.4) is 0 Å². The molecule has 0 spiro atoms. The first-order valence-electron chi connectivity index (χ1n) is 7.92. The Morgan fingerprint density at radius 2 is 2.05 bits per heavy atom. The highest BCUT2D eigenvalue weighted by molar-refractivity contribution is 5.85. The summed E-state index contributed by atoms with van der Waals surface area (Å²) in [7, 11) is 0. The fraction of sp³-hybridized carbons (Fsp3) is 0.933. The fourth-order valence-corrected chi connectivity index (χ4v) is 3.12. The van der Waals surface area contributed by atoms with Gasteiger partial charge in [0.1, 0.15) is 6.10 Å². The maximum atomic E-state index is 12.0. The molecule has 118 valence electrons. The van der Waals surface area contributed by atoms with Gasteiger partial charge in [-0.2, -0.15) is 0 Å². The molecule has 0 aromatic carbocycles. The Morgan fingerprint density at radius 3 is 2.65 bits per heavy atom. The van der Waals surface area contributed by atoms with Crippen LogP contribution >= 0.6 is 12.4 Å². The summed E-state index contributed by atoms with van der Waals surface area (Å²) < 4.78 is 5.48. The Balaban J connectivity index is 0.00000200. The van der Waals surface area contributed by atoms with Gasteiger partial charge in [-0.15, -0.1) is 12.4 Å². The van der Waals surface area contributed by atoms with Crippen LogP contribution in [0.5, 0.6) is 0 Å². The molecule has 1 heterocycles. The molecule has 1 saturated heterocycles. The molecule has 2 N–H and O–H groups in total. The number of morpholine rings is 1. The molecule has 2 rings (SSSR count). The van der Waals surface area contributed by atoms with E-state index in [-0.39, 0.29) is 24.4 Å². The van der Waals surface area contributed by atoms with Gasteiger partial charge in [-0.25, -0.2) is 0 Å². The molecule has 0 aromatic rings. The van der Waals surface area contributed by atoms with E-state index < -0.39 is 0 Å². The van der Waals surface area contributed by atoms with Gasteiger partial charge in [-0.05, 0) is 31.6 Å². The van der Waals surface area contributed by atoms with Crippen LogP contribution in [-0.4, -0.2) is 37.7 Å². The molecule has 20 heavy (non-hydrogen) atoms. The van der Waals surface area contributed by atoms with Crippen molar-refractivity contribution in [2.45, 2.75) is 64.0 Å². The van der Waals surface area contributed by atoms with Crippen molar-refractivity contribution in [3.63, 3.8) is 0 Å². The van der Waals surface area contributed by atoms with Crippen LogP contribution in [0.15, 0.2) is 0 Å². The summed E-state index contributed by atoms with van der Waals surface area (Å²) in [5.41, 5.74) is 0. The number of carbonyl (C=O) groups is 1. The van der Waals surface area contributed by atoms with E-state index in [0.29, 0.717) is 19.2 Å². The fourth-order valence-electron chi connectivity index (χ4n) is 3.12. The standard InChI is InChI=1S/C15H28N2O2.ClH/c1-2-3-4-12-5-7-13(8-6-12)17-15(18)14-11-16-9-10-19-14;/h12-14,16H,2-11H2,1H3,(H,17,18);1H. The second-order valence-electron chi connectivity index (χ2n) is 5.93. The van der Waals surface area contributed by atoms with Crippen molar-refractivity contribution in [2.75, 3.05) is 19.7 Å². The third-order valence-electron chi connectivity index (χ3n) is 4.38. The molecule has 1 aliphatic carbocycles. The van der Waals surface area contributed by atoms with Crippen LogP contribution < -0.4 is 10.6 Å². The predicted molar refractivity (Wildman–Crippen MR) is 83.3 cm³/mol. The maximum Gasteiger partial charge on any atom is 0.250 e. The van der Waals surface area contributed by atoms with E-state index in [1.54, 1.807) is 0 Å². The third kappa shape index (κ3) is 5.58. The number of carbonyl (C=O) groups excluding carboxylic acids is 1. The summed E-state index contributed by atoms with van der Waals surface area (Å²) in [6, 6.07) is 0.371. The van der Waals surface area contributed by atoms with Crippen LogP contribution in [0, 0.1) is 5.92 Å². The highest BCUT2D eigenvalue weighted by Crippen LogP contribution is 2.28. The number of rotatable bonds is 5. The molecule has 1 saturated carbocycles. The van der Waals surface area contributed by atoms with Crippen molar-refractivity contribution < 1.29 is 9.53 Å². The SMILES string of the molecule is CCCCC1CCC(NC(=O)C2CNCCO2)CC1.Cl. The average Bonchev–Trinajstić information content (AvgIpc) is 2.47. The van der Waals surface area contributed by atoms with Gasteiger partial charge in [0.05, 0.1) is 6.61 Å². The van der Waals surface area contributed by atoms with Gasteiger partial charge in [-0.1, -0.05) is 26.2 Å². The largest absolute Gasteiger partial charge is 0.366 e. The van der Waals surface area contributed by atoms with Crippen molar-refractivity contribution in [3.05, 3.63) is 0 Å². The van der Waals surface area contributed by atoms with E-state index >= 15 is 0 Å².